The molecule has 3 rings (SSSR count). The van der Waals surface area contributed by atoms with Crippen LogP contribution in [-0.4, -0.2) is 34.5 Å². The van der Waals surface area contributed by atoms with Crippen LogP contribution in [0.4, 0.5) is 4.79 Å². The van der Waals surface area contributed by atoms with Crippen molar-refractivity contribution < 1.29 is 9.53 Å². The molecule has 92 valence electrons. The van der Waals surface area contributed by atoms with Crippen molar-refractivity contribution >= 4 is 49.8 Å². The van der Waals surface area contributed by atoms with Crippen LogP contribution < -0.4 is 9.80 Å². The number of carbonyl (C=O) groups excluding carboxylic acids is 1. The van der Waals surface area contributed by atoms with Gasteiger partial charge in [0.15, 0.2) is 0 Å². The SMILES string of the molecule is O=C1NCC(c2cc(Cl)c3cnc([AsH2])cc3c2)O1. The van der Waals surface area contributed by atoms with Crippen LogP contribution in [0.3, 0.4) is 0 Å². The first kappa shape index (κ1) is 11.8. The normalized spacial score (nSPS) is 18.8. The van der Waals surface area contributed by atoms with Crippen LogP contribution in [0.2, 0.25) is 5.02 Å². The van der Waals surface area contributed by atoms with Crippen molar-refractivity contribution in [3.05, 3.63) is 35.0 Å². The molecule has 1 aromatic heterocycles. The third-order valence-electron chi connectivity index (χ3n) is 2.88. The molecular formula is C12H10AsClN2O2. The van der Waals surface area contributed by atoms with E-state index in [-0.39, 0.29) is 12.2 Å². The summed E-state index contributed by atoms with van der Waals surface area (Å²) in [6.45, 7) is 0.481. The third kappa shape index (κ3) is 2.06. The summed E-state index contributed by atoms with van der Waals surface area (Å²) in [6, 6.07) is 5.82. The maximum atomic E-state index is 11.1. The molecule has 2 unspecified atom stereocenters. The number of rotatable bonds is 1. The summed E-state index contributed by atoms with van der Waals surface area (Å²) in [5.41, 5.74) is 0.906. The second-order valence-corrected chi connectivity index (χ2v) is 5.76. The van der Waals surface area contributed by atoms with E-state index >= 15 is 0 Å². The molecule has 0 bridgehead atoms. The molecule has 6 heteroatoms. The van der Waals surface area contributed by atoms with Crippen LogP contribution in [0, 0.1) is 0 Å². The minimum atomic E-state index is -0.384. The molecule has 1 N–H and O–H groups in total. The average molecular weight is 325 g/mol. The van der Waals surface area contributed by atoms with Gasteiger partial charge in [-0.2, -0.15) is 0 Å². The van der Waals surface area contributed by atoms with E-state index in [0.29, 0.717) is 11.6 Å². The molecular weight excluding hydrogens is 315 g/mol. The molecule has 2 atom stereocenters. The Balaban J connectivity index is 2.11. The molecule has 2 aromatic rings. The number of aromatic nitrogens is 1. The molecule has 0 aliphatic carbocycles. The van der Waals surface area contributed by atoms with Gasteiger partial charge in [0, 0.05) is 0 Å². The quantitative estimate of drug-likeness (QED) is 0.794. The molecule has 1 aliphatic heterocycles. The number of pyridine rings is 1. The Morgan fingerprint density at radius 3 is 3.00 bits per heavy atom. The number of nitrogens with one attached hydrogen (secondary N) is 1. The van der Waals surface area contributed by atoms with Crippen molar-refractivity contribution in [3.63, 3.8) is 0 Å². The van der Waals surface area contributed by atoms with E-state index in [4.69, 9.17) is 16.3 Å². The number of alkyl carbamates (subject to hydrolysis) is 1. The fourth-order valence-corrected chi connectivity index (χ4v) is 2.83. The zero-order valence-electron chi connectivity index (χ0n) is 9.31. The third-order valence-corrected chi connectivity index (χ3v) is 3.86. The van der Waals surface area contributed by atoms with Gasteiger partial charge >= 0.3 is 117 Å². The van der Waals surface area contributed by atoms with E-state index in [2.05, 4.69) is 10.3 Å². The Hall–Kier alpha value is -1.25. The van der Waals surface area contributed by atoms with Crippen LogP contribution in [0.25, 0.3) is 10.8 Å². The number of hydrogen-bond acceptors (Lipinski definition) is 3. The average Bonchev–Trinajstić information content (AvgIpc) is 2.75. The molecule has 18 heavy (non-hydrogen) atoms. The predicted octanol–water partition coefficient (Wildman–Crippen LogP) is 0.927. The van der Waals surface area contributed by atoms with Crippen molar-refractivity contribution in [1.82, 2.24) is 10.3 Å². The number of cyclic esters (lactones) is 1. The molecule has 1 aliphatic rings. The predicted molar refractivity (Wildman–Crippen MR) is 72.2 cm³/mol. The van der Waals surface area contributed by atoms with Crippen LogP contribution in [0.5, 0.6) is 0 Å². The minimum absolute atomic E-state index is 0.265. The Morgan fingerprint density at radius 1 is 1.44 bits per heavy atom. The number of halogens is 1. The molecule has 1 saturated heterocycles. The Bertz CT molecular complexity index is 647. The van der Waals surface area contributed by atoms with E-state index in [1.807, 2.05) is 18.2 Å². The summed E-state index contributed by atoms with van der Waals surface area (Å²) in [4.78, 5) is 15.3. The van der Waals surface area contributed by atoms with E-state index in [0.717, 1.165) is 20.8 Å². The summed E-state index contributed by atoms with van der Waals surface area (Å²) >= 11 is 7.70. The number of fused-ring (bicyclic) bond motifs is 1. The zero-order chi connectivity index (χ0) is 12.7. The van der Waals surface area contributed by atoms with Gasteiger partial charge in [0.25, 0.3) is 0 Å². The second kappa shape index (κ2) is 4.45. The standard InChI is InChI=1S/C12H10AsClN2O2/c13-11-3-6-1-7(10-5-16-12(17)18-10)2-9(14)8(6)4-15-11/h1-4,10H,5,13H2,(H,16,17). The number of hydrogen-bond donors (Lipinski definition) is 1. The Kier molecular flexibility index (Phi) is 2.92. The van der Waals surface area contributed by atoms with Gasteiger partial charge in [-0.05, 0) is 0 Å². The van der Waals surface area contributed by atoms with Gasteiger partial charge < -0.3 is 0 Å². The molecule has 1 aromatic carbocycles. The molecule has 0 radical (unpaired) electrons. The van der Waals surface area contributed by atoms with Gasteiger partial charge in [-0.25, -0.2) is 0 Å². The molecule has 4 nitrogen and oxygen atoms in total. The van der Waals surface area contributed by atoms with Gasteiger partial charge in [-0.15, -0.1) is 0 Å². The molecule has 0 saturated carbocycles. The summed E-state index contributed by atoms with van der Waals surface area (Å²) in [6.07, 6.45) is 1.13. The van der Waals surface area contributed by atoms with Gasteiger partial charge in [-0.1, -0.05) is 0 Å². The van der Waals surface area contributed by atoms with Gasteiger partial charge in [0.05, 0.1) is 0 Å². The summed E-state index contributed by atoms with van der Waals surface area (Å²) in [7, 11) is 0. The second-order valence-electron chi connectivity index (χ2n) is 4.11. The number of ether oxygens (including phenoxy) is 1. The number of nitrogens with zero attached hydrogens (tertiary/aromatic N) is 1. The van der Waals surface area contributed by atoms with Crippen LogP contribution in [0.1, 0.15) is 11.7 Å². The first-order valence-corrected chi connectivity index (χ1v) is 7.01. The van der Waals surface area contributed by atoms with Gasteiger partial charge in [0.2, 0.25) is 0 Å². The first-order chi connectivity index (χ1) is 8.63. The molecule has 1 fully saturated rings. The molecule has 1 amide bonds. The van der Waals surface area contributed by atoms with Crippen molar-refractivity contribution in [2.75, 3.05) is 6.54 Å². The number of benzene rings is 1. The number of amides is 1. The van der Waals surface area contributed by atoms with E-state index in [1.165, 1.54) is 16.9 Å². The summed E-state index contributed by atoms with van der Waals surface area (Å²) in [5.74, 6) is 0. The van der Waals surface area contributed by atoms with Gasteiger partial charge in [0.1, 0.15) is 0 Å². The fraction of sp³-hybridized carbons (Fsp3) is 0.167. The van der Waals surface area contributed by atoms with Crippen molar-refractivity contribution in [2.45, 2.75) is 6.10 Å². The first-order valence-electron chi connectivity index (χ1n) is 5.42. The van der Waals surface area contributed by atoms with E-state index in [9.17, 15) is 4.79 Å². The Morgan fingerprint density at radius 2 is 2.28 bits per heavy atom. The van der Waals surface area contributed by atoms with Crippen molar-refractivity contribution in [1.29, 1.82) is 0 Å². The van der Waals surface area contributed by atoms with Crippen LogP contribution in [0.15, 0.2) is 24.4 Å². The Labute approximate surface area is 117 Å². The van der Waals surface area contributed by atoms with E-state index in [1.54, 1.807) is 6.20 Å². The van der Waals surface area contributed by atoms with E-state index < -0.39 is 0 Å². The van der Waals surface area contributed by atoms with Crippen molar-refractivity contribution in [2.24, 2.45) is 0 Å². The van der Waals surface area contributed by atoms with Crippen LogP contribution in [-0.2, 0) is 4.74 Å². The van der Waals surface area contributed by atoms with Crippen LogP contribution >= 0.6 is 11.6 Å². The van der Waals surface area contributed by atoms with Crippen molar-refractivity contribution in [3.8, 4) is 0 Å². The zero-order valence-corrected chi connectivity index (χ0v) is 12.5. The van der Waals surface area contributed by atoms with Gasteiger partial charge in [-0.3, -0.25) is 0 Å². The summed E-state index contributed by atoms with van der Waals surface area (Å²) in [5, 5.41) is 5.20. The monoisotopic (exact) mass is 324 g/mol. The fourth-order valence-electron chi connectivity index (χ4n) is 2.01. The number of carbonyl (C=O) groups is 1. The molecule has 0 spiro atoms. The molecule has 2 heterocycles. The maximum absolute atomic E-state index is 11.1. The summed E-state index contributed by atoms with van der Waals surface area (Å²) < 4.78 is 6.15. The topological polar surface area (TPSA) is 51.2 Å².